The first-order chi connectivity index (χ1) is 11.1. The van der Waals surface area contributed by atoms with Gasteiger partial charge in [-0.2, -0.15) is 5.11 Å². The third kappa shape index (κ3) is 2.66. The third-order valence-corrected chi connectivity index (χ3v) is 3.59. The van der Waals surface area contributed by atoms with Crippen LogP contribution in [0.2, 0.25) is 0 Å². The molecule has 0 saturated carbocycles. The Hall–Kier alpha value is -3.15. The normalized spacial score (nSPS) is 11.3. The predicted molar refractivity (Wildman–Crippen MR) is 86.9 cm³/mol. The van der Waals surface area contributed by atoms with E-state index in [-0.39, 0.29) is 11.4 Å². The smallest absolute Gasteiger partial charge is 0.335 e. The third-order valence-electron chi connectivity index (χ3n) is 3.59. The number of nitrogens with zero attached hydrogens (tertiary/aromatic N) is 3. The lowest BCUT2D eigenvalue weighted by Gasteiger charge is -2.00. The zero-order valence-corrected chi connectivity index (χ0v) is 12.5. The lowest BCUT2D eigenvalue weighted by Crippen LogP contribution is -1.94. The van der Waals surface area contributed by atoms with Crippen molar-refractivity contribution in [3.8, 4) is 5.88 Å². The van der Waals surface area contributed by atoms with Crippen molar-refractivity contribution in [3.05, 3.63) is 54.1 Å². The number of carboxylic acids is 1. The first-order valence-corrected chi connectivity index (χ1v) is 7.17. The lowest BCUT2D eigenvalue weighted by atomic mass is 10.2. The topological polar surface area (TPSA) is 87.2 Å². The molecule has 0 aliphatic carbocycles. The molecule has 1 aromatic heterocycles. The second-order valence-electron chi connectivity index (χ2n) is 4.99. The van der Waals surface area contributed by atoms with E-state index in [1.54, 1.807) is 16.7 Å². The van der Waals surface area contributed by atoms with Crippen LogP contribution in [0.4, 0.5) is 11.4 Å². The first-order valence-electron chi connectivity index (χ1n) is 7.17. The number of carbonyl (C=O) groups is 1. The fourth-order valence-electron chi connectivity index (χ4n) is 2.50. The lowest BCUT2D eigenvalue weighted by molar-refractivity contribution is 0.0697. The number of aromatic carboxylic acids is 1. The maximum absolute atomic E-state index is 11.0. The summed E-state index contributed by atoms with van der Waals surface area (Å²) >= 11 is 0. The van der Waals surface area contributed by atoms with Crippen LogP contribution in [0.15, 0.2) is 58.8 Å². The van der Waals surface area contributed by atoms with Crippen molar-refractivity contribution in [2.24, 2.45) is 10.2 Å². The van der Waals surface area contributed by atoms with E-state index in [1.165, 1.54) is 12.1 Å². The number of hydrogen-bond donors (Lipinski definition) is 2. The van der Waals surface area contributed by atoms with E-state index in [4.69, 9.17) is 5.11 Å². The molecule has 1 heterocycles. The summed E-state index contributed by atoms with van der Waals surface area (Å²) in [6, 6.07) is 13.7. The molecule has 2 N–H and O–H groups in total. The highest BCUT2D eigenvalue weighted by Gasteiger charge is 2.15. The predicted octanol–water partition coefficient (Wildman–Crippen LogP) is 4.48. The van der Waals surface area contributed by atoms with Crippen LogP contribution >= 0.6 is 0 Å². The highest BCUT2D eigenvalue weighted by atomic mass is 16.4. The van der Waals surface area contributed by atoms with E-state index < -0.39 is 5.97 Å². The van der Waals surface area contributed by atoms with Gasteiger partial charge in [0.1, 0.15) is 0 Å². The average molecular weight is 309 g/mol. The molecule has 0 radical (unpaired) electrons. The van der Waals surface area contributed by atoms with E-state index in [0.29, 0.717) is 17.9 Å². The van der Waals surface area contributed by atoms with Gasteiger partial charge in [0.15, 0.2) is 5.69 Å². The number of aromatic hydroxyl groups is 1. The number of rotatable bonds is 4. The van der Waals surface area contributed by atoms with Crippen molar-refractivity contribution in [1.82, 2.24) is 4.57 Å². The summed E-state index contributed by atoms with van der Waals surface area (Å²) in [6.45, 7) is 2.54. The van der Waals surface area contributed by atoms with Gasteiger partial charge in [-0.25, -0.2) is 4.79 Å². The summed E-state index contributed by atoms with van der Waals surface area (Å²) in [6.07, 6.45) is 0. The van der Waals surface area contributed by atoms with Gasteiger partial charge in [0.2, 0.25) is 5.88 Å². The summed E-state index contributed by atoms with van der Waals surface area (Å²) < 4.78 is 1.75. The minimum atomic E-state index is -1.02. The fourth-order valence-corrected chi connectivity index (χ4v) is 2.50. The maximum Gasteiger partial charge on any atom is 0.335 e. The molecule has 0 aliphatic rings. The number of hydrogen-bond acceptors (Lipinski definition) is 4. The van der Waals surface area contributed by atoms with Crippen molar-refractivity contribution in [3.63, 3.8) is 0 Å². The largest absolute Gasteiger partial charge is 0.493 e. The Labute approximate surface area is 132 Å². The quantitative estimate of drug-likeness (QED) is 0.696. The minimum absolute atomic E-state index is 0.0480. The molecule has 2 aromatic carbocycles. The number of benzene rings is 2. The Kier molecular flexibility index (Phi) is 3.80. The van der Waals surface area contributed by atoms with Gasteiger partial charge in [0.05, 0.1) is 16.8 Å². The van der Waals surface area contributed by atoms with Gasteiger partial charge in [-0.05, 0) is 31.2 Å². The molecule has 0 bridgehead atoms. The number of carboxylic acid groups (broad SMARTS) is 1. The van der Waals surface area contributed by atoms with Crippen LogP contribution in [0.25, 0.3) is 10.9 Å². The molecule has 3 rings (SSSR count). The molecule has 0 amide bonds. The van der Waals surface area contributed by atoms with E-state index in [1.807, 2.05) is 31.2 Å². The Morgan fingerprint density at radius 3 is 2.65 bits per heavy atom. The average Bonchev–Trinajstić information content (AvgIpc) is 2.84. The number of aryl methyl sites for hydroxylation is 1. The number of para-hydroxylation sites is 1. The van der Waals surface area contributed by atoms with Gasteiger partial charge >= 0.3 is 5.97 Å². The number of fused-ring (bicyclic) bond motifs is 1. The molecule has 0 fully saturated rings. The first kappa shape index (κ1) is 14.8. The molecule has 6 heteroatoms. The second-order valence-corrected chi connectivity index (χ2v) is 4.99. The fraction of sp³-hybridized carbons (Fsp3) is 0.118. The van der Waals surface area contributed by atoms with Crippen molar-refractivity contribution in [2.45, 2.75) is 13.5 Å². The highest BCUT2D eigenvalue weighted by molar-refractivity contribution is 5.95. The maximum atomic E-state index is 11.0. The highest BCUT2D eigenvalue weighted by Crippen LogP contribution is 2.39. The monoisotopic (exact) mass is 309 g/mol. The molecule has 0 spiro atoms. The summed E-state index contributed by atoms with van der Waals surface area (Å²) in [7, 11) is 0. The van der Waals surface area contributed by atoms with Crippen molar-refractivity contribution in [1.29, 1.82) is 0 Å². The SMILES string of the molecule is CCn1c(O)c(N=Nc2cccc(C(=O)O)c2)c2ccccc21. The summed E-state index contributed by atoms with van der Waals surface area (Å²) in [4.78, 5) is 11.0. The van der Waals surface area contributed by atoms with Gasteiger partial charge < -0.3 is 14.8 Å². The van der Waals surface area contributed by atoms with Crippen LogP contribution in [-0.4, -0.2) is 20.7 Å². The van der Waals surface area contributed by atoms with Gasteiger partial charge in [-0.3, -0.25) is 0 Å². The zero-order valence-electron chi connectivity index (χ0n) is 12.5. The van der Waals surface area contributed by atoms with Crippen molar-refractivity contribution >= 4 is 28.2 Å². The minimum Gasteiger partial charge on any atom is -0.493 e. The zero-order chi connectivity index (χ0) is 16.4. The van der Waals surface area contributed by atoms with E-state index >= 15 is 0 Å². The van der Waals surface area contributed by atoms with E-state index in [2.05, 4.69) is 10.2 Å². The molecular formula is C17H15N3O3. The number of aromatic nitrogens is 1. The van der Waals surface area contributed by atoms with Crippen LogP contribution in [-0.2, 0) is 6.54 Å². The van der Waals surface area contributed by atoms with Crippen LogP contribution < -0.4 is 0 Å². The molecule has 116 valence electrons. The van der Waals surface area contributed by atoms with Crippen LogP contribution in [0.1, 0.15) is 17.3 Å². The standard InChI is InChI=1S/C17H15N3O3/c1-2-20-14-9-4-3-8-13(14)15(16(20)21)19-18-12-7-5-6-11(10-12)17(22)23/h3-10,21H,2H2,1H3,(H,22,23). The summed E-state index contributed by atoms with van der Waals surface area (Å²) in [5.41, 5.74) is 1.81. The molecule has 0 atom stereocenters. The Bertz CT molecular complexity index is 913. The Balaban J connectivity index is 2.06. The van der Waals surface area contributed by atoms with Crippen LogP contribution in [0, 0.1) is 0 Å². The molecule has 0 saturated heterocycles. The van der Waals surface area contributed by atoms with Gasteiger partial charge in [0.25, 0.3) is 0 Å². The van der Waals surface area contributed by atoms with Crippen molar-refractivity contribution < 1.29 is 15.0 Å². The molecule has 23 heavy (non-hydrogen) atoms. The van der Waals surface area contributed by atoms with Gasteiger partial charge in [-0.1, -0.05) is 24.3 Å². The Morgan fingerprint density at radius 2 is 1.91 bits per heavy atom. The number of azo groups is 1. The molecule has 6 nitrogen and oxygen atoms in total. The Morgan fingerprint density at radius 1 is 1.13 bits per heavy atom. The molecule has 0 aliphatic heterocycles. The second kappa shape index (κ2) is 5.92. The summed E-state index contributed by atoms with van der Waals surface area (Å²) in [5.74, 6) is -0.973. The van der Waals surface area contributed by atoms with Crippen LogP contribution in [0.3, 0.4) is 0 Å². The molecule has 3 aromatic rings. The van der Waals surface area contributed by atoms with Crippen molar-refractivity contribution in [2.75, 3.05) is 0 Å². The summed E-state index contributed by atoms with van der Waals surface area (Å²) in [5, 5.41) is 28.3. The van der Waals surface area contributed by atoms with E-state index in [0.717, 1.165) is 10.9 Å². The van der Waals surface area contributed by atoms with E-state index in [9.17, 15) is 9.90 Å². The molecule has 0 unspecified atom stereocenters. The van der Waals surface area contributed by atoms with Gasteiger partial charge in [0, 0.05) is 11.9 Å². The van der Waals surface area contributed by atoms with Gasteiger partial charge in [-0.15, -0.1) is 5.11 Å². The molecular weight excluding hydrogens is 294 g/mol. The van der Waals surface area contributed by atoms with Crippen LogP contribution in [0.5, 0.6) is 5.88 Å².